The molecule has 0 aromatic heterocycles. The Labute approximate surface area is 225 Å². The fourth-order valence-electron chi connectivity index (χ4n) is 6.48. The van der Waals surface area contributed by atoms with Gasteiger partial charge in [0.1, 0.15) is 0 Å². The van der Waals surface area contributed by atoms with Gasteiger partial charge in [0.25, 0.3) is 0 Å². The lowest BCUT2D eigenvalue weighted by atomic mass is 9.96. The summed E-state index contributed by atoms with van der Waals surface area (Å²) in [6.07, 6.45) is 14.4. The maximum Gasteiger partial charge on any atom is 0.0370 e. The van der Waals surface area contributed by atoms with E-state index in [9.17, 15) is 0 Å². The van der Waals surface area contributed by atoms with Crippen LogP contribution in [0.2, 0.25) is 0 Å². The van der Waals surface area contributed by atoms with E-state index in [-0.39, 0.29) is 0 Å². The second-order valence-corrected chi connectivity index (χ2v) is 11.4. The lowest BCUT2D eigenvalue weighted by Gasteiger charge is -2.40. The van der Waals surface area contributed by atoms with Crippen molar-refractivity contribution in [2.75, 3.05) is 52.4 Å². The van der Waals surface area contributed by atoms with E-state index in [1.807, 2.05) is 0 Å². The fourth-order valence-corrected chi connectivity index (χ4v) is 6.48. The van der Waals surface area contributed by atoms with Gasteiger partial charge in [-0.15, -0.1) is 0 Å². The molecular formula is C33H46N4. The van der Waals surface area contributed by atoms with Gasteiger partial charge >= 0.3 is 0 Å². The Morgan fingerprint density at radius 1 is 0.649 bits per heavy atom. The molecule has 0 unspecified atom stereocenters. The molecule has 0 spiro atoms. The first-order chi connectivity index (χ1) is 17.9. The maximum absolute atomic E-state index is 4.60. The summed E-state index contributed by atoms with van der Waals surface area (Å²) in [6, 6.07) is 4.82. The molecule has 1 aromatic rings. The number of rotatable bonds is 6. The van der Waals surface area contributed by atoms with Crippen molar-refractivity contribution < 1.29 is 0 Å². The van der Waals surface area contributed by atoms with Gasteiger partial charge in [-0.1, -0.05) is 36.9 Å². The topological polar surface area (TPSA) is 13.0 Å². The van der Waals surface area contributed by atoms with Crippen LogP contribution in [0.4, 0.5) is 0 Å². The van der Waals surface area contributed by atoms with Crippen LogP contribution in [0.5, 0.6) is 0 Å². The Hall–Kier alpha value is -2.72. The van der Waals surface area contributed by atoms with Crippen molar-refractivity contribution in [1.82, 2.24) is 19.6 Å². The van der Waals surface area contributed by atoms with Crippen LogP contribution < -0.4 is 0 Å². The lowest BCUT2D eigenvalue weighted by Crippen LogP contribution is -2.45. The highest BCUT2D eigenvalue weighted by molar-refractivity contribution is 5.66. The molecule has 0 radical (unpaired) electrons. The van der Waals surface area contributed by atoms with E-state index >= 15 is 0 Å². The molecule has 2 fully saturated rings. The van der Waals surface area contributed by atoms with E-state index in [1.165, 1.54) is 76.2 Å². The summed E-state index contributed by atoms with van der Waals surface area (Å²) in [5, 5.41) is 0. The number of nitrogens with zero attached hydrogens (tertiary/aromatic N) is 4. The van der Waals surface area contributed by atoms with Gasteiger partial charge in [-0.25, -0.2) is 0 Å². The monoisotopic (exact) mass is 498 g/mol. The largest absolute Gasteiger partial charge is 0.369 e. The van der Waals surface area contributed by atoms with Crippen molar-refractivity contribution in [2.24, 2.45) is 0 Å². The molecule has 4 heteroatoms. The standard InChI is InChI=1S/C33H46N4/c1-25-10-6-8-12-32(25)36-16-14-34(15-17-36)24-30-23-31(28(4)22-27(30)3)29(5)35-18-20-37(21-19-35)33-13-9-7-11-26(33)2/h10-13,22-23H,5-9,14-21,24H2,1-4H3. The number of hydrogen-bond acceptors (Lipinski definition) is 4. The van der Waals surface area contributed by atoms with Crippen LogP contribution in [0.15, 0.2) is 65.6 Å². The van der Waals surface area contributed by atoms with Crippen molar-refractivity contribution >= 4 is 5.70 Å². The Bertz CT molecular complexity index is 1140. The summed E-state index contributed by atoms with van der Waals surface area (Å²) in [4.78, 5) is 10.3. The number of piperazine rings is 2. The minimum absolute atomic E-state index is 1.03. The smallest absolute Gasteiger partial charge is 0.0370 e. The molecule has 2 aliphatic carbocycles. The summed E-state index contributed by atoms with van der Waals surface area (Å²) in [6.45, 7) is 23.4. The molecule has 0 atom stereocenters. The third-order valence-corrected chi connectivity index (χ3v) is 8.82. The number of allylic oxidation sites excluding steroid dienone is 6. The van der Waals surface area contributed by atoms with Crippen LogP contribution in [0.1, 0.15) is 61.8 Å². The van der Waals surface area contributed by atoms with Crippen LogP contribution in [0.25, 0.3) is 5.70 Å². The Balaban J connectivity index is 1.20. The normalized spacial score (nSPS) is 21.4. The number of benzene rings is 1. The highest BCUT2D eigenvalue weighted by Crippen LogP contribution is 2.29. The van der Waals surface area contributed by atoms with Gasteiger partial charge in [0.05, 0.1) is 0 Å². The van der Waals surface area contributed by atoms with Crippen molar-refractivity contribution in [3.05, 3.63) is 87.8 Å². The molecule has 0 saturated carbocycles. The predicted molar refractivity (Wildman–Crippen MR) is 157 cm³/mol. The SMILES string of the molecule is C=C(c1cc(CN2CCN(C3=CCCC=C3C)CC2)c(C)cc1C)N1CCN(C2=CCCC=C2C)CC1. The maximum atomic E-state index is 4.60. The van der Waals surface area contributed by atoms with Crippen LogP contribution in [-0.4, -0.2) is 72.0 Å². The summed E-state index contributed by atoms with van der Waals surface area (Å²) >= 11 is 0. The van der Waals surface area contributed by atoms with E-state index in [2.05, 4.69) is 90.3 Å². The zero-order valence-electron chi connectivity index (χ0n) is 23.7. The molecule has 4 aliphatic rings. The van der Waals surface area contributed by atoms with Gasteiger partial charge in [0.15, 0.2) is 0 Å². The minimum atomic E-state index is 1.03. The predicted octanol–water partition coefficient (Wildman–Crippen LogP) is 6.26. The molecule has 198 valence electrons. The summed E-state index contributed by atoms with van der Waals surface area (Å²) in [5.41, 5.74) is 12.6. The molecule has 2 saturated heterocycles. The average Bonchev–Trinajstić information content (AvgIpc) is 2.91. The Morgan fingerprint density at radius 2 is 1.16 bits per heavy atom. The molecule has 0 amide bonds. The summed E-state index contributed by atoms with van der Waals surface area (Å²) in [5.74, 6) is 0. The summed E-state index contributed by atoms with van der Waals surface area (Å²) < 4.78 is 0. The molecule has 37 heavy (non-hydrogen) atoms. The Kier molecular flexibility index (Phi) is 7.95. The summed E-state index contributed by atoms with van der Waals surface area (Å²) in [7, 11) is 0. The first-order valence-electron chi connectivity index (χ1n) is 14.4. The fraction of sp³-hybridized carbons (Fsp3) is 0.515. The van der Waals surface area contributed by atoms with E-state index in [4.69, 9.17) is 0 Å². The molecule has 2 heterocycles. The van der Waals surface area contributed by atoms with Crippen LogP contribution in [0.3, 0.4) is 0 Å². The van der Waals surface area contributed by atoms with E-state index in [1.54, 1.807) is 0 Å². The van der Waals surface area contributed by atoms with Crippen molar-refractivity contribution in [3.8, 4) is 0 Å². The third kappa shape index (κ3) is 5.75. The van der Waals surface area contributed by atoms with Crippen LogP contribution >= 0.6 is 0 Å². The van der Waals surface area contributed by atoms with E-state index in [0.717, 1.165) is 58.9 Å². The molecule has 4 nitrogen and oxygen atoms in total. The average molecular weight is 499 g/mol. The van der Waals surface area contributed by atoms with E-state index in [0.29, 0.717) is 0 Å². The second kappa shape index (κ2) is 11.3. The number of hydrogen-bond donors (Lipinski definition) is 0. The lowest BCUT2D eigenvalue weighted by molar-refractivity contribution is 0.154. The van der Waals surface area contributed by atoms with Crippen molar-refractivity contribution in [1.29, 1.82) is 0 Å². The van der Waals surface area contributed by atoms with Gasteiger partial charge in [-0.3, -0.25) is 4.90 Å². The quantitative estimate of drug-likeness (QED) is 0.459. The molecule has 0 N–H and O–H groups in total. The van der Waals surface area contributed by atoms with Crippen molar-refractivity contribution in [3.63, 3.8) is 0 Å². The molecule has 2 aliphatic heterocycles. The van der Waals surface area contributed by atoms with Gasteiger partial charge in [0, 0.05) is 81.6 Å². The highest BCUT2D eigenvalue weighted by Gasteiger charge is 2.24. The minimum Gasteiger partial charge on any atom is -0.369 e. The third-order valence-electron chi connectivity index (χ3n) is 8.82. The Morgan fingerprint density at radius 3 is 1.70 bits per heavy atom. The first-order valence-corrected chi connectivity index (χ1v) is 14.4. The van der Waals surface area contributed by atoms with Crippen LogP contribution in [0, 0.1) is 13.8 Å². The first kappa shape index (κ1) is 25.9. The van der Waals surface area contributed by atoms with Gasteiger partial charge in [-0.2, -0.15) is 0 Å². The number of aryl methyl sites for hydroxylation is 2. The molecule has 1 aromatic carbocycles. The zero-order valence-corrected chi connectivity index (χ0v) is 23.7. The molecule has 5 rings (SSSR count). The van der Waals surface area contributed by atoms with E-state index < -0.39 is 0 Å². The van der Waals surface area contributed by atoms with Gasteiger partial charge in [0.2, 0.25) is 0 Å². The zero-order chi connectivity index (χ0) is 25.9. The van der Waals surface area contributed by atoms with Gasteiger partial charge < -0.3 is 14.7 Å². The second-order valence-electron chi connectivity index (χ2n) is 11.4. The van der Waals surface area contributed by atoms with Gasteiger partial charge in [-0.05, 0) is 87.3 Å². The van der Waals surface area contributed by atoms with Crippen LogP contribution in [-0.2, 0) is 6.54 Å². The molecular weight excluding hydrogens is 452 g/mol. The van der Waals surface area contributed by atoms with Crippen molar-refractivity contribution in [2.45, 2.75) is 59.9 Å². The highest BCUT2D eigenvalue weighted by atomic mass is 15.3. The molecule has 0 bridgehead atoms.